The highest BCUT2D eigenvalue weighted by Gasteiger charge is 2.11. The Bertz CT molecular complexity index is 666. The Labute approximate surface area is 122 Å². The van der Waals surface area contributed by atoms with Crippen LogP contribution in [0.4, 0.5) is 5.82 Å². The Hall–Kier alpha value is -2.76. The smallest absolute Gasteiger partial charge is 0.358 e. The molecule has 108 valence electrons. The van der Waals surface area contributed by atoms with Gasteiger partial charge in [-0.3, -0.25) is 4.79 Å². The molecule has 1 heterocycles. The van der Waals surface area contributed by atoms with Gasteiger partial charge in [0.2, 0.25) is 0 Å². The minimum atomic E-state index is -0.545. The summed E-state index contributed by atoms with van der Waals surface area (Å²) in [5.41, 5.74) is 2.05. The van der Waals surface area contributed by atoms with Gasteiger partial charge >= 0.3 is 5.82 Å². The fourth-order valence-electron chi connectivity index (χ4n) is 1.85. The molecule has 0 unspecified atom stereocenters. The number of nitrogens with zero attached hydrogens (tertiary/aromatic N) is 2. The van der Waals surface area contributed by atoms with Crippen LogP contribution in [0.1, 0.15) is 24.2 Å². The molecular formula is C15H15N3O3. The van der Waals surface area contributed by atoms with E-state index in [1.807, 2.05) is 19.9 Å². The molecule has 21 heavy (non-hydrogen) atoms. The SMILES string of the molecule is CC(C)NC(=O)c1cccc(-c2ccc([N+](=O)[O-])nc2)c1. The number of nitrogens with one attached hydrogen (secondary N) is 1. The van der Waals surface area contributed by atoms with Gasteiger partial charge in [-0.05, 0) is 47.5 Å². The number of carbonyl (C=O) groups is 1. The van der Waals surface area contributed by atoms with Gasteiger partial charge in [0.05, 0.1) is 0 Å². The minimum Gasteiger partial charge on any atom is -0.358 e. The van der Waals surface area contributed by atoms with Gasteiger partial charge < -0.3 is 15.4 Å². The molecule has 0 atom stereocenters. The Morgan fingerprint density at radius 3 is 2.57 bits per heavy atom. The zero-order chi connectivity index (χ0) is 15.4. The third kappa shape index (κ3) is 3.62. The summed E-state index contributed by atoms with van der Waals surface area (Å²) in [6.07, 6.45) is 1.43. The Morgan fingerprint density at radius 1 is 1.24 bits per heavy atom. The number of hydrogen-bond acceptors (Lipinski definition) is 4. The molecular weight excluding hydrogens is 270 g/mol. The maximum atomic E-state index is 12.0. The Morgan fingerprint density at radius 2 is 2.00 bits per heavy atom. The van der Waals surface area contributed by atoms with Gasteiger partial charge in [-0.2, -0.15) is 0 Å². The van der Waals surface area contributed by atoms with E-state index in [-0.39, 0.29) is 17.8 Å². The molecule has 0 saturated carbocycles. The predicted molar refractivity (Wildman–Crippen MR) is 78.9 cm³/mol. The number of carbonyl (C=O) groups excluding carboxylic acids is 1. The summed E-state index contributed by atoms with van der Waals surface area (Å²) < 4.78 is 0. The van der Waals surface area contributed by atoms with Gasteiger partial charge in [0.25, 0.3) is 5.91 Å². The average molecular weight is 285 g/mol. The lowest BCUT2D eigenvalue weighted by molar-refractivity contribution is -0.389. The molecule has 1 N–H and O–H groups in total. The highest BCUT2D eigenvalue weighted by Crippen LogP contribution is 2.21. The summed E-state index contributed by atoms with van der Waals surface area (Å²) in [5, 5.41) is 13.4. The fourth-order valence-corrected chi connectivity index (χ4v) is 1.85. The minimum absolute atomic E-state index is 0.0576. The van der Waals surface area contributed by atoms with Crippen LogP contribution in [0.25, 0.3) is 11.1 Å². The molecule has 0 spiro atoms. The maximum Gasteiger partial charge on any atom is 0.363 e. The van der Waals surface area contributed by atoms with Crippen molar-refractivity contribution in [1.82, 2.24) is 10.3 Å². The van der Waals surface area contributed by atoms with Crippen LogP contribution in [0.5, 0.6) is 0 Å². The second-order valence-electron chi connectivity index (χ2n) is 4.87. The van der Waals surface area contributed by atoms with Crippen molar-refractivity contribution in [3.63, 3.8) is 0 Å². The summed E-state index contributed by atoms with van der Waals surface area (Å²) in [6.45, 7) is 3.78. The molecule has 0 bridgehead atoms. The summed E-state index contributed by atoms with van der Waals surface area (Å²) >= 11 is 0. The third-order valence-electron chi connectivity index (χ3n) is 2.81. The second kappa shape index (κ2) is 6.13. The van der Waals surface area contributed by atoms with E-state index in [9.17, 15) is 14.9 Å². The average Bonchev–Trinajstić information content (AvgIpc) is 2.47. The van der Waals surface area contributed by atoms with E-state index in [0.717, 1.165) is 11.1 Å². The highest BCUT2D eigenvalue weighted by atomic mass is 16.6. The number of benzene rings is 1. The predicted octanol–water partition coefficient (Wildman–Crippen LogP) is 2.80. The fraction of sp³-hybridized carbons (Fsp3) is 0.200. The van der Waals surface area contributed by atoms with Crippen LogP contribution in [-0.2, 0) is 0 Å². The van der Waals surface area contributed by atoms with Crippen molar-refractivity contribution in [3.8, 4) is 11.1 Å². The molecule has 0 radical (unpaired) electrons. The summed E-state index contributed by atoms with van der Waals surface area (Å²) in [7, 11) is 0. The van der Waals surface area contributed by atoms with E-state index >= 15 is 0 Å². The molecule has 0 aliphatic heterocycles. The number of rotatable bonds is 4. The van der Waals surface area contributed by atoms with Crippen LogP contribution < -0.4 is 5.32 Å². The van der Waals surface area contributed by atoms with E-state index < -0.39 is 4.92 Å². The van der Waals surface area contributed by atoms with Crippen molar-refractivity contribution in [2.45, 2.75) is 19.9 Å². The highest BCUT2D eigenvalue weighted by molar-refractivity contribution is 5.95. The number of aromatic nitrogens is 1. The largest absolute Gasteiger partial charge is 0.363 e. The van der Waals surface area contributed by atoms with E-state index in [1.54, 1.807) is 24.3 Å². The van der Waals surface area contributed by atoms with Crippen LogP contribution in [0, 0.1) is 10.1 Å². The molecule has 0 fully saturated rings. The zero-order valence-corrected chi connectivity index (χ0v) is 11.7. The third-order valence-corrected chi connectivity index (χ3v) is 2.81. The normalized spacial score (nSPS) is 10.4. The van der Waals surface area contributed by atoms with Crippen LogP contribution in [0.3, 0.4) is 0 Å². The van der Waals surface area contributed by atoms with Crippen molar-refractivity contribution in [2.24, 2.45) is 0 Å². The molecule has 0 aliphatic carbocycles. The van der Waals surface area contributed by atoms with Gasteiger partial charge in [-0.1, -0.05) is 12.1 Å². The van der Waals surface area contributed by atoms with Crippen LogP contribution in [0.2, 0.25) is 0 Å². The van der Waals surface area contributed by atoms with Crippen molar-refractivity contribution in [2.75, 3.05) is 0 Å². The van der Waals surface area contributed by atoms with Crippen LogP contribution in [0.15, 0.2) is 42.6 Å². The number of amides is 1. The molecule has 1 aromatic carbocycles. The summed E-state index contributed by atoms with van der Waals surface area (Å²) in [6, 6.07) is 10.1. The van der Waals surface area contributed by atoms with Crippen molar-refractivity contribution < 1.29 is 9.72 Å². The molecule has 2 aromatic rings. The van der Waals surface area contributed by atoms with Crippen LogP contribution in [-0.4, -0.2) is 21.9 Å². The molecule has 6 heteroatoms. The monoisotopic (exact) mass is 285 g/mol. The quantitative estimate of drug-likeness (QED) is 0.691. The van der Waals surface area contributed by atoms with Crippen LogP contribution >= 0.6 is 0 Å². The summed E-state index contributed by atoms with van der Waals surface area (Å²) in [4.78, 5) is 25.8. The molecule has 6 nitrogen and oxygen atoms in total. The number of hydrogen-bond donors (Lipinski definition) is 1. The first-order valence-electron chi connectivity index (χ1n) is 6.49. The number of nitro groups is 1. The van der Waals surface area contributed by atoms with E-state index in [4.69, 9.17) is 0 Å². The molecule has 0 aliphatic rings. The van der Waals surface area contributed by atoms with Crippen molar-refractivity contribution >= 4 is 11.7 Å². The van der Waals surface area contributed by atoms with Crippen molar-refractivity contribution in [3.05, 3.63) is 58.3 Å². The first kappa shape index (κ1) is 14.6. The molecule has 1 aromatic heterocycles. The Kier molecular flexibility index (Phi) is 4.27. The van der Waals surface area contributed by atoms with Gasteiger partial charge in [-0.15, -0.1) is 0 Å². The van der Waals surface area contributed by atoms with E-state index in [2.05, 4.69) is 10.3 Å². The first-order valence-corrected chi connectivity index (χ1v) is 6.49. The topological polar surface area (TPSA) is 85.1 Å². The lowest BCUT2D eigenvalue weighted by Crippen LogP contribution is -2.30. The summed E-state index contributed by atoms with van der Waals surface area (Å²) in [5.74, 6) is -0.353. The molecule has 0 saturated heterocycles. The van der Waals surface area contributed by atoms with E-state index in [1.165, 1.54) is 12.3 Å². The zero-order valence-electron chi connectivity index (χ0n) is 11.7. The molecule has 2 rings (SSSR count). The Balaban J connectivity index is 2.28. The lowest BCUT2D eigenvalue weighted by Gasteiger charge is -2.09. The van der Waals surface area contributed by atoms with Gasteiger partial charge in [0.1, 0.15) is 6.20 Å². The van der Waals surface area contributed by atoms with Gasteiger partial charge in [-0.25, -0.2) is 0 Å². The second-order valence-corrected chi connectivity index (χ2v) is 4.87. The lowest BCUT2D eigenvalue weighted by atomic mass is 10.0. The number of pyridine rings is 1. The maximum absolute atomic E-state index is 12.0. The van der Waals surface area contributed by atoms with Gasteiger partial charge in [0, 0.05) is 23.2 Å². The first-order chi connectivity index (χ1) is 9.97. The van der Waals surface area contributed by atoms with Crippen molar-refractivity contribution in [1.29, 1.82) is 0 Å². The standard InChI is InChI=1S/C15H15N3O3/c1-10(2)17-15(19)12-5-3-4-11(8-12)13-6-7-14(16-9-13)18(20)21/h3-10H,1-2H3,(H,17,19). The van der Waals surface area contributed by atoms with Gasteiger partial charge in [0.15, 0.2) is 0 Å². The van der Waals surface area contributed by atoms with E-state index in [0.29, 0.717) is 5.56 Å². The molecule has 1 amide bonds.